The highest BCUT2D eigenvalue weighted by molar-refractivity contribution is 5.95. The number of para-hydroxylation sites is 1. The van der Waals surface area contributed by atoms with E-state index in [0.717, 1.165) is 10.9 Å². The predicted molar refractivity (Wildman–Crippen MR) is 163 cm³/mol. The molecule has 3 rings (SSSR count). The molecule has 44 heavy (non-hydrogen) atoms. The molecule has 0 aliphatic carbocycles. The van der Waals surface area contributed by atoms with Gasteiger partial charge in [0.2, 0.25) is 23.6 Å². The first-order valence-corrected chi connectivity index (χ1v) is 14.4. The zero-order valence-corrected chi connectivity index (χ0v) is 24.7. The summed E-state index contributed by atoms with van der Waals surface area (Å²) in [4.78, 5) is 66.7. The lowest BCUT2D eigenvalue weighted by atomic mass is 9.97. The highest BCUT2D eigenvalue weighted by atomic mass is 16.4. The minimum Gasteiger partial charge on any atom is -0.508 e. The van der Waals surface area contributed by atoms with Gasteiger partial charge in [-0.05, 0) is 48.1 Å². The summed E-state index contributed by atoms with van der Waals surface area (Å²) in [5, 5.41) is 27.8. The molecule has 13 heteroatoms. The maximum absolute atomic E-state index is 13.6. The van der Waals surface area contributed by atoms with Crippen molar-refractivity contribution in [3.05, 3.63) is 65.9 Å². The second kappa shape index (κ2) is 15.5. The van der Waals surface area contributed by atoms with Crippen molar-refractivity contribution in [1.29, 1.82) is 0 Å². The number of amides is 4. The van der Waals surface area contributed by atoms with E-state index in [-0.39, 0.29) is 31.4 Å². The lowest BCUT2D eigenvalue weighted by Crippen LogP contribution is -2.58. The molecule has 13 nitrogen and oxygen atoms in total. The van der Waals surface area contributed by atoms with Gasteiger partial charge in [-0.15, -0.1) is 0 Å². The summed E-state index contributed by atoms with van der Waals surface area (Å²) < 4.78 is 0. The Morgan fingerprint density at radius 1 is 0.886 bits per heavy atom. The van der Waals surface area contributed by atoms with Gasteiger partial charge in [0.05, 0.1) is 6.04 Å². The summed E-state index contributed by atoms with van der Waals surface area (Å²) in [6.07, 6.45) is 1.90. The maximum atomic E-state index is 13.6. The van der Waals surface area contributed by atoms with Gasteiger partial charge < -0.3 is 42.6 Å². The number of aliphatic carboxylic acids is 1. The maximum Gasteiger partial charge on any atom is 0.326 e. The number of aromatic nitrogens is 1. The van der Waals surface area contributed by atoms with Crippen molar-refractivity contribution in [2.75, 3.05) is 0 Å². The van der Waals surface area contributed by atoms with Gasteiger partial charge in [-0.1, -0.05) is 50.6 Å². The average Bonchev–Trinajstić information content (AvgIpc) is 3.40. The van der Waals surface area contributed by atoms with Crippen molar-refractivity contribution in [3.63, 3.8) is 0 Å². The number of rotatable bonds is 16. The number of fused-ring (bicyclic) bond motifs is 1. The first-order chi connectivity index (χ1) is 20.9. The van der Waals surface area contributed by atoms with Crippen LogP contribution in [0, 0.1) is 5.92 Å². The van der Waals surface area contributed by atoms with Crippen LogP contribution in [-0.4, -0.2) is 69.0 Å². The van der Waals surface area contributed by atoms with Crippen LogP contribution in [0.25, 0.3) is 10.9 Å². The Hall–Kier alpha value is -4.91. The van der Waals surface area contributed by atoms with Crippen LogP contribution in [0.2, 0.25) is 0 Å². The molecular formula is C31H40N6O7. The topological polar surface area (TPSA) is 230 Å². The first kappa shape index (κ1) is 33.6. The van der Waals surface area contributed by atoms with Crippen LogP contribution in [0.15, 0.2) is 54.7 Å². The van der Waals surface area contributed by atoms with E-state index in [2.05, 4.69) is 20.9 Å². The first-order valence-electron chi connectivity index (χ1n) is 14.4. The van der Waals surface area contributed by atoms with Crippen molar-refractivity contribution >= 4 is 40.5 Å². The standard InChI is InChI=1S/C31H40N6O7/c1-3-17(2)27(31(43)44)37-30(42)25(15-19-16-34-23-7-5-4-6-21(19)23)36-29(41)24(12-13-26(33)39)35-28(40)22(32)14-18-8-10-20(38)11-9-18/h4-11,16-17,22,24-25,27,34,38H,3,12-15,32H2,1-2H3,(H2,33,39)(H,35,40)(H,36,41)(H,37,42)(H,43,44). The molecule has 1 aromatic heterocycles. The van der Waals surface area contributed by atoms with Crippen molar-refractivity contribution in [2.24, 2.45) is 17.4 Å². The molecule has 0 spiro atoms. The van der Waals surface area contributed by atoms with E-state index >= 15 is 0 Å². The fourth-order valence-electron chi connectivity index (χ4n) is 4.75. The summed E-state index contributed by atoms with van der Waals surface area (Å²) in [6.45, 7) is 3.50. The number of hydrogen-bond acceptors (Lipinski definition) is 7. The number of carbonyl (C=O) groups excluding carboxylic acids is 4. The van der Waals surface area contributed by atoms with Crippen molar-refractivity contribution in [2.45, 2.75) is 70.1 Å². The van der Waals surface area contributed by atoms with Gasteiger partial charge in [-0.25, -0.2) is 4.79 Å². The smallest absolute Gasteiger partial charge is 0.326 e. The summed E-state index contributed by atoms with van der Waals surface area (Å²) in [7, 11) is 0. The number of phenols is 1. The van der Waals surface area contributed by atoms with E-state index in [9.17, 15) is 34.2 Å². The highest BCUT2D eigenvalue weighted by Gasteiger charge is 2.32. The number of carbonyl (C=O) groups is 5. The number of carboxylic acids is 1. The Balaban J connectivity index is 1.84. The Morgan fingerprint density at radius 3 is 2.16 bits per heavy atom. The van der Waals surface area contributed by atoms with Gasteiger partial charge in [0, 0.05) is 29.9 Å². The quantitative estimate of drug-likeness (QED) is 0.116. The molecule has 2 aromatic carbocycles. The fourth-order valence-corrected chi connectivity index (χ4v) is 4.75. The average molecular weight is 609 g/mol. The van der Waals surface area contributed by atoms with E-state index in [1.807, 2.05) is 24.3 Å². The number of primary amides is 1. The largest absolute Gasteiger partial charge is 0.508 e. The van der Waals surface area contributed by atoms with E-state index < -0.39 is 59.7 Å². The van der Waals surface area contributed by atoms with Crippen LogP contribution in [0.3, 0.4) is 0 Å². The molecule has 0 bridgehead atoms. The monoisotopic (exact) mass is 608 g/mol. The van der Waals surface area contributed by atoms with Gasteiger partial charge >= 0.3 is 5.97 Å². The van der Waals surface area contributed by atoms with E-state index in [1.165, 1.54) is 12.1 Å². The number of H-pyrrole nitrogens is 1. The lowest BCUT2D eigenvalue weighted by molar-refractivity contribution is -0.143. The molecule has 0 aliphatic heterocycles. The second-order valence-corrected chi connectivity index (χ2v) is 10.9. The molecule has 1 heterocycles. The van der Waals surface area contributed by atoms with Crippen molar-refractivity contribution in [1.82, 2.24) is 20.9 Å². The molecule has 5 unspecified atom stereocenters. The summed E-state index contributed by atoms with van der Waals surface area (Å²) >= 11 is 0. The molecule has 5 atom stereocenters. The van der Waals surface area contributed by atoms with Crippen molar-refractivity contribution < 1.29 is 34.2 Å². The van der Waals surface area contributed by atoms with Crippen LogP contribution < -0.4 is 27.4 Å². The van der Waals surface area contributed by atoms with E-state index in [4.69, 9.17) is 11.5 Å². The van der Waals surface area contributed by atoms with E-state index in [1.54, 1.807) is 32.2 Å². The number of nitrogens with one attached hydrogen (secondary N) is 4. The van der Waals surface area contributed by atoms with Gasteiger partial charge in [0.25, 0.3) is 0 Å². The van der Waals surface area contributed by atoms with E-state index in [0.29, 0.717) is 17.5 Å². The molecule has 3 aromatic rings. The van der Waals surface area contributed by atoms with Crippen LogP contribution in [0.5, 0.6) is 5.75 Å². The fraction of sp³-hybridized carbons (Fsp3) is 0.387. The number of carboxylic acid groups (broad SMARTS) is 1. The molecule has 0 aliphatic rings. The third kappa shape index (κ3) is 9.30. The van der Waals surface area contributed by atoms with Gasteiger partial charge in [0.1, 0.15) is 23.9 Å². The van der Waals surface area contributed by atoms with Gasteiger partial charge in [-0.3, -0.25) is 19.2 Å². The third-order valence-electron chi connectivity index (χ3n) is 7.55. The predicted octanol–water partition coefficient (Wildman–Crippen LogP) is 0.837. The number of benzene rings is 2. The van der Waals surface area contributed by atoms with Crippen LogP contribution in [0.1, 0.15) is 44.2 Å². The van der Waals surface area contributed by atoms with Crippen LogP contribution in [-0.2, 0) is 36.8 Å². The Kier molecular flexibility index (Phi) is 11.9. The SMILES string of the molecule is CCC(C)C(NC(=O)C(Cc1c[nH]c2ccccc12)NC(=O)C(CCC(N)=O)NC(=O)C(N)Cc1ccc(O)cc1)C(=O)O. The second-order valence-electron chi connectivity index (χ2n) is 10.9. The Morgan fingerprint density at radius 2 is 1.52 bits per heavy atom. The van der Waals surface area contributed by atoms with Crippen molar-refractivity contribution in [3.8, 4) is 5.75 Å². The summed E-state index contributed by atoms with van der Waals surface area (Å²) in [5.41, 5.74) is 13.6. The molecule has 0 radical (unpaired) electrons. The Bertz CT molecular complexity index is 1470. The molecule has 10 N–H and O–H groups in total. The number of aromatic hydroxyl groups is 1. The van der Waals surface area contributed by atoms with Crippen LogP contribution >= 0.6 is 0 Å². The molecule has 0 saturated heterocycles. The zero-order valence-electron chi connectivity index (χ0n) is 24.7. The zero-order chi connectivity index (χ0) is 32.4. The number of nitrogens with two attached hydrogens (primary N) is 2. The molecule has 236 valence electrons. The number of aromatic amines is 1. The summed E-state index contributed by atoms with van der Waals surface area (Å²) in [5.74, 6) is -4.41. The molecule has 4 amide bonds. The van der Waals surface area contributed by atoms with Crippen LogP contribution in [0.4, 0.5) is 0 Å². The normalized spacial score (nSPS) is 14.5. The molecular weight excluding hydrogens is 568 g/mol. The number of hydrogen-bond donors (Lipinski definition) is 8. The minimum atomic E-state index is -1.27. The van der Waals surface area contributed by atoms with Gasteiger partial charge in [0.15, 0.2) is 0 Å². The van der Waals surface area contributed by atoms with Gasteiger partial charge in [-0.2, -0.15) is 0 Å². The summed E-state index contributed by atoms with van der Waals surface area (Å²) in [6, 6.07) is 8.73. The highest BCUT2D eigenvalue weighted by Crippen LogP contribution is 2.20. The number of phenolic OH excluding ortho intramolecular Hbond substituents is 1. The lowest BCUT2D eigenvalue weighted by Gasteiger charge is -2.26. The molecule has 0 saturated carbocycles. The Labute approximate surface area is 254 Å². The third-order valence-corrected chi connectivity index (χ3v) is 7.55. The minimum absolute atomic E-state index is 0.00524. The molecule has 0 fully saturated rings.